The molecule has 0 saturated heterocycles. The molecule has 35 heavy (non-hydrogen) atoms. The summed E-state index contributed by atoms with van der Waals surface area (Å²) in [6, 6.07) is 12.1. The normalized spacial score (nSPS) is 15.1. The lowest BCUT2D eigenvalue weighted by Gasteiger charge is -2.22. The SMILES string of the molecule is CCc1ccc(CN2CCc3nnc([C@@H](CC(C)C)NC(=O)c4ccc(COC)o4)n3CC2)cc1. The first-order valence-corrected chi connectivity index (χ1v) is 12.6. The maximum absolute atomic E-state index is 13.0. The van der Waals surface area contributed by atoms with E-state index < -0.39 is 0 Å². The first-order valence-electron chi connectivity index (χ1n) is 12.6. The number of hydrogen-bond donors (Lipinski definition) is 1. The number of carbonyl (C=O) groups excluding carboxylic acids is 1. The molecule has 0 saturated carbocycles. The van der Waals surface area contributed by atoms with Gasteiger partial charge in [0.2, 0.25) is 0 Å². The number of fused-ring (bicyclic) bond motifs is 1. The number of amides is 1. The Morgan fingerprint density at radius 2 is 1.86 bits per heavy atom. The Hall–Kier alpha value is -2.97. The maximum atomic E-state index is 13.0. The standard InChI is InChI=1S/C27H37N5O3/c1-5-20-6-8-21(9-7-20)17-31-13-12-25-29-30-26(32(25)15-14-31)23(16-19(2)3)28-27(33)24-11-10-22(35-24)18-34-4/h6-11,19,23H,5,12-18H2,1-4H3,(H,28,33)/t23-/m1/s1. The lowest BCUT2D eigenvalue weighted by Crippen LogP contribution is -2.32. The van der Waals surface area contributed by atoms with Crippen LogP contribution in [0.5, 0.6) is 0 Å². The van der Waals surface area contributed by atoms with Crippen LogP contribution in [0.1, 0.15) is 72.3 Å². The largest absolute Gasteiger partial charge is 0.453 e. The van der Waals surface area contributed by atoms with Gasteiger partial charge in [-0.3, -0.25) is 9.69 Å². The van der Waals surface area contributed by atoms with Gasteiger partial charge < -0.3 is 19.0 Å². The molecule has 188 valence electrons. The van der Waals surface area contributed by atoms with Gasteiger partial charge in [0.1, 0.15) is 18.2 Å². The fourth-order valence-corrected chi connectivity index (χ4v) is 4.59. The first-order chi connectivity index (χ1) is 17.0. The van der Waals surface area contributed by atoms with Crippen molar-refractivity contribution in [2.24, 2.45) is 5.92 Å². The van der Waals surface area contributed by atoms with E-state index in [1.54, 1.807) is 19.2 Å². The highest BCUT2D eigenvalue weighted by atomic mass is 16.5. The van der Waals surface area contributed by atoms with Gasteiger partial charge >= 0.3 is 0 Å². The van der Waals surface area contributed by atoms with Gasteiger partial charge in [0.05, 0.1) is 6.04 Å². The van der Waals surface area contributed by atoms with Crippen LogP contribution in [0.4, 0.5) is 0 Å². The Kier molecular flexibility index (Phi) is 8.36. The Bertz CT molecular complexity index is 1100. The van der Waals surface area contributed by atoms with Crippen LogP contribution in [0, 0.1) is 5.92 Å². The van der Waals surface area contributed by atoms with Crippen LogP contribution in [0.3, 0.4) is 0 Å². The number of furan rings is 1. The summed E-state index contributed by atoms with van der Waals surface area (Å²) < 4.78 is 12.9. The van der Waals surface area contributed by atoms with E-state index in [-0.39, 0.29) is 17.7 Å². The first kappa shape index (κ1) is 25.1. The van der Waals surface area contributed by atoms with Gasteiger partial charge in [-0.05, 0) is 42.0 Å². The van der Waals surface area contributed by atoms with Crippen molar-refractivity contribution in [2.75, 3.05) is 20.2 Å². The second kappa shape index (κ2) is 11.6. The summed E-state index contributed by atoms with van der Waals surface area (Å²) in [5.74, 6) is 2.83. The minimum absolute atomic E-state index is 0.243. The summed E-state index contributed by atoms with van der Waals surface area (Å²) in [7, 11) is 1.60. The predicted molar refractivity (Wildman–Crippen MR) is 134 cm³/mol. The van der Waals surface area contributed by atoms with Crippen molar-refractivity contribution in [3.05, 3.63) is 70.7 Å². The third-order valence-electron chi connectivity index (χ3n) is 6.48. The fourth-order valence-electron chi connectivity index (χ4n) is 4.59. The molecule has 0 bridgehead atoms. The van der Waals surface area contributed by atoms with E-state index in [1.165, 1.54) is 11.1 Å². The molecule has 0 unspecified atom stereocenters. The molecule has 8 nitrogen and oxygen atoms in total. The molecule has 1 aromatic carbocycles. The smallest absolute Gasteiger partial charge is 0.287 e. The number of methoxy groups -OCH3 is 1. The number of nitrogens with one attached hydrogen (secondary N) is 1. The molecule has 8 heteroatoms. The minimum Gasteiger partial charge on any atom is -0.453 e. The molecule has 0 spiro atoms. The van der Waals surface area contributed by atoms with Crippen molar-refractivity contribution in [3.8, 4) is 0 Å². The number of ether oxygens (including phenoxy) is 1. The molecule has 1 amide bonds. The van der Waals surface area contributed by atoms with E-state index in [2.05, 4.69) is 70.0 Å². The van der Waals surface area contributed by atoms with Gasteiger partial charge in [0.15, 0.2) is 11.6 Å². The fraction of sp³-hybridized carbons (Fsp3) is 0.519. The molecular formula is C27H37N5O3. The van der Waals surface area contributed by atoms with Crippen LogP contribution in [0.25, 0.3) is 0 Å². The lowest BCUT2D eigenvalue weighted by atomic mass is 10.0. The quantitative estimate of drug-likeness (QED) is 0.470. The third-order valence-corrected chi connectivity index (χ3v) is 6.48. The molecular weight excluding hydrogens is 442 g/mol. The monoisotopic (exact) mass is 479 g/mol. The Morgan fingerprint density at radius 1 is 1.09 bits per heavy atom. The van der Waals surface area contributed by atoms with E-state index in [4.69, 9.17) is 9.15 Å². The van der Waals surface area contributed by atoms with E-state index in [0.717, 1.165) is 57.1 Å². The Labute approximate surface area is 207 Å². The number of benzene rings is 1. The summed E-state index contributed by atoms with van der Waals surface area (Å²) in [6.45, 7) is 10.4. The van der Waals surface area contributed by atoms with Gasteiger partial charge in [-0.15, -0.1) is 10.2 Å². The van der Waals surface area contributed by atoms with Gasteiger partial charge in [-0.2, -0.15) is 0 Å². The predicted octanol–water partition coefficient (Wildman–Crippen LogP) is 4.16. The van der Waals surface area contributed by atoms with Crippen molar-refractivity contribution in [1.29, 1.82) is 0 Å². The molecule has 0 fully saturated rings. The number of aryl methyl sites for hydroxylation is 1. The lowest BCUT2D eigenvalue weighted by molar-refractivity contribution is 0.0892. The second-order valence-electron chi connectivity index (χ2n) is 9.68. The van der Waals surface area contributed by atoms with Gasteiger partial charge in [-0.1, -0.05) is 45.0 Å². The molecule has 1 aliphatic heterocycles. The topological polar surface area (TPSA) is 85.4 Å². The van der Waals surface area contributed by atoms with Gasteiger partial charge in [-0.25, -0.2) is 0 Å². The summed E-state index contributed by atoms with van der Waals surface area (Å²) in [5, 5.41) is 12.2. The number of rotatable bonds is 10. The van der Waals surface area contributed by atoms with Crippen LogP contribution in [0.2, 0.25) is 0 Å². The zero-order valence-electron chi connectivity index (χ0n) is 21.3. The molecule has 1 N–H and O–H groups in total. The highest BCUT2D eigenvalue weighted by Gasteiger charge is 2.27. The van der Waals surface area contributed by atoms with Crippen molar-refractivity contribution in [3.63, 3.8) is 0 Å². The molecule has 2 aromatic heterocycles. The number of aromatic nitrogens is 3. The van der Waals surface area contributed by atoms with Crippen molar-refractivity contribution in [2.45, 2.75) is 65.8 Å². The number of hydrogen-bond acceptors (Lipinski definition) is 6. The molecule has 0 aliphatic carbocycles. The van der Waals surface area contributed by atoms with Crippen LogP contribution in [-0.2, 0) is 37.3 Å². The van der Waals surface area contributed by atoms with Crippen LogP contribution < -0.4 is 5.32 Å². The van der Waals surface area contributed by atoms with Gasteiger partial charge in [0, 0.05) is 39.7 Å². The molecule has 1 aliphatic rings. The molecule has 0 radical (unpaired) electrons. The molecule has 1 atom stereocenters. The zero-order valence-corrected chi connectivity index (χ0v) is 21.3. The van der Waals surface area contributed by atoms with E-state index in [1.807, 2.05) is 0 Å². The highest BCUT2D eigenvalue weighted by molar-refractivity contribution is 5.91. The maximum Gasteiger partial charge on any atom is 0.287 e. The summed E-state index contributed by atoms with van der Waals surface area (Å²) in [4.78, 5) is 15.4. The van der Waals surface area contributed by atoms with E-state index in [9.17, 15) is 4.79 Å². The second-order valence-corrected chi connectivity index (χ2v) is 9.68. The highest BCUT2D eigenvalue weighted by Crippen LogP contribution is 2.24. The third kappa shape index (κ3) is 6.38. The molecule has 3 heterocycles. The average molecular weight is 480 g/mol. The van der Waals surface area contributed by atoms with E-state index >= 15 is 0 Å². The van der Waals surface area contributed by atoms with Crippen molar-refractivity contribution < 1.29 is 13.9 Å². The minimum atomic E-state index is -0.249. The molecule has 3 aromatic rings. The summed E-state index contributed by atoms with van der Waals surface area (Å²) in [6.07, 6.45) is 2.66. The zero-order chi connectivity index (χ0) is 24.8. The Morgan fingerprint density at radius 3 is 2.57 bits per heavy atom. The molecule has 4 rings (SSSR count). The van der Waals surface area contributed by atoms with Crippen molar-refractivity contribution in [1.82, 2.24) is 25.0 Å². The van der Waals surface area contributed by atoms with Crippen LogP contribution in [0.15, 0.2) is 40.8 Å². The van der Waals surface area contributed by atoms with E-state index in [0.29, 0.717) is 18.3 Å². The van der Waals surface area contributed by atoms with Gasteiger partial charge in [0.25, 0.3) is 5.91 Å². The van der Waals surface area contributed by atoms with Crippen molar-refractivity contribution >= 4 is 5.91 Å². The Balaban J connectivity index is 1.46. The van der Waals surface area contributed by atoms with Crippen LogP contribution in [-0.4, -0.2) is 45.8 Å². The number of nitrogens with zero attached hydrogens (tertiary/aromatic N) is 4. The summed E-state index contributed by atoms with van der Waals surface area (Å²) >= 11 is 0. The summed E-state index contributed by atoms with van der Waals surface area (Å²) in [5.41, 5.74) is 2.69. The average Bonchev–Trinajstić information content (AvgIpc) is 3.43. The number of carbonyl (C=O) groups is 1. The van der Waals surface area contributed by atoms with Crippen LogP contribution >= 0.6 is 0 Å².